The summed E-state index contributed by atoms with van der Waals surface area (Å²) in [7, 11) is 0. The first-order valence-corrected chi connectivity index (χ1v) is 10.5. The lowest BCUT2D eigenvalue weighted by molar-refractivity contribution is -0.388. The fraction of sp³-hybridized carbons (Fsp3) is 0.190. The minimum atomic E-state index is -4.88. The highest BCUT2D eigenvalue weighted by atomic mass is 35.5. The molecule has 0 amide bonds. The number of carbonyl (C=O) groups excluding carboxylic acids is 1. The number of rotatable bonds is 5. The molecule has 4 rings (SSSR count). The average Bonchev–Trinajstić information content (AvgIpc) is 3.16. The molecule has 32 heavy (non-hydrogen) atoms. The van der Waals surface area contributed by atoms with Crippen LogP contribution in [-0.4, -0.2) is 17.3 Å². The van der Waals surface area contributed by atoms with Crippen molar-refractivity contribution in [3.05, 3.63) is 79.0 Å². The number of nitrogens with one attached hydrogen (secondary N) is 1. The fourth-order valence-electron chi connectivity index (χ4n) is 3.45. The van der Waals surface area contributed by atoms with E-state index in [-0.39, 0.29) is 18.1 Å². The topological polar surface area (TPSA) is 81.5 Å². The molecule has 1 unspecified atom stereocenters. The highest BCUT2D eigenvalue weighted by Gasteiger charge is 2.38. The van der Waals surface area contributed by atoms with Crippen molar-refractivity contribution < 1.29 is 27.6 Å². The smallest absolute Gasteiger partial charge is 0.423 e. The molecule has 0 radical (unpaired) electrons. The molecule has 0 saturated carbocycles. The SMILES string of the molecule is O=C1c2cc(Cl)ccc2OCC1Cc1sccc1Nc1ccc([N+](=O)[O-])c(C(F)(F)F)c1. The number of halogens is 4. The summed E-state index contributed by atoms with van der Waals surface area (Å²) in [5.41, 5.74) is -1.40. The summed E-state index contributed by atoms with van der Waals surface area (Å²) in [5, 5.41) is 16.0. The van der Waals surface area contributed by atoms with Crippen LogP contribution in [0.15, 0.2) is 47.8 Å². The van der Waals surface area contributed by atoms with E-state index in [1.807, 2.05) is 0 Å². The lowest BCUT2D eigenvalue weighted by Crippen LogP contribution is -2.29. The Kier molecular flexibility index (Phi) is 5.83. The molecule has 1 aliphatic heterocycles. The number of ketones is 1. The molecule has 0 fully saturated rings. The van der Waals surface area contributed by atoms with Crippen LogP contribution < -0.4 is 10.1 Å². The van der Waals surface area contributed by atoms with E-state index in [4.69, 9.17) is 16.3 Å². The number of Topliss-reactive ketones (excluding diaryl/α,β-unsaturated/α-hetero) is 1. The number of fused-ring (bicyclic) bond motifs is 1. The number of nitro groups is 1. The second-order valence-corrected chi connectivity index (χ2v) is 8.52. The van der Waals surface area contributed by atoms with Gasteiger partial charge in [-0.2, -0.15) is 13.2 Å². The van der Waals surface area contributed by atoms with Gasteiger partial charge in [0, 0.05) is 21.7 Å². The van der Waals surface area contributed by atoms with E-state index in [9.17, 15) is 28.1 Å². The first-order valence-electron chi connectivity index (χ1n) is 9.29. The van der Waals surface area contributed by atoms with Crippen LogP contribution in [0.1, 0.15) is 20.8 Å². The van der Waals surface area contributed by atoms with E-state index in [1.54, 1.807) is 29.6 Å². The van der Waals surface area contributed by atoms with Gasteiger partial charge in [-0.3, -0.25) is 14.9 Å². The van der Waals surface area contributed by atoms with Gasteiger partial charge in [0.05, 0.1) is 28.7 Å². The quantitative estimate of drug-likeness (QED) is 0.331. The monoisotopic (exact) mass is 482 g/mol. The Bertz CT molecular complexity index is 1210. The van der Waals surface area contributed by atoms with E-state index in [1.165, 1.54) is 17.4 Å². The number of hydrogen-bond donors (Lipinski definition) is 1. The van der Waals surface area contributed by atoms with E-state index in [0.717, 1.165) is 10.9 Å². The van der Waals surface area contributed by atoms with Gasteiger partial charge in [-0.1, -0.05) is 11.6 Å². The van der Waals surface area contributed by atoms with Gasteiger partial charge in [0.1, 0.15) is 11.3 Å². The van der Waals surface area contributed by atoms with Gasteiger partial charge in [0.25, 0.3) is 5.69 Å². The van der Waals surface area contributed by atoms with Crippen molar-refractivity contribution >= 4 is 45.8 Å². The third-order valence-electron chi connectivity index (χ3n) is 4.97. The largest absolute Gasteiger partial charge is 0.492 e. The minimum absolute atomic E-state index is 0.0472. The summed E-state index contributed by atoms with van der Waals surface area (Å²) < 4.78 is 45.4. The Morgan fingerprint density at radius 2 is 2.00 bits per heavy atom. The maximum Gasteiger partial charge on any atom is 0.423 e. The van der Waals surface area contributed by atoms with Crippen molar-refractivity contribution in [1.82, 2.24) is 0 Å². The second kappa shape index (κ2) is 8.44. The number of benzene rings is 2. The van der Waals surface area contributed by atoms with Crippen LogP contribution in [-0.2, 0) is 12.6 Å². The molecule has 1 atom stereocenters. The van der Waals surface area contributed by atoms with Gasteiger partial charge in [-0.15, -0.1) is 11.3 Å². The number of carbonyl (C=O) groups is 1. The lowest BCUT2D eigenvalue weighted by atomic mass is 9.91. The van der Waals surface area contributed by atoms with Crippen molar-refractivity contribution in [2.45, 2.75) is 12.6 Å². The molecule has 1 aliphatic rings. The summed E-state index contributed by atoms with van der Waals surface area (Å²) >= 11 is 7.33. The van der Waals surface area contributed by atoms with Crippen molar-refractivity contribution in [3.8, 4) is 5.75 Å². The molecule has 1 aromatic heterocycles. The molecule has 2 heterocycles. The number of hydrogen-bond acceptors (Lipinski definition) is 6. The number of anilines is 2. The Labute approximate surface area is 188 Å². The predicted molar refractivity (Wildman–Crippen MR) is 114 cm³/mol. The zero-order valence-corrected chi connectivity index (χ0v) is 17.7. The Hall–Kier alpha value is -3.11. The van der Waals surface area contributed by atoms with Gasteiger partial charge in [-0.05, 0) is 48.2 Å². The van der Waals surface area contributed by atoms with Crippen LogP contribution in [0.2, 0.25) is 5.02 Å². The zero-order valence-electron chi connectivity index (χ0n) is 16.1. The number of alkyl halides is 3. The van der Waals surface area contributed by atoms with Crippen molar-refractivity contribution in [2.75, 3.05) is 11.9 Å². The molecule has 6 nitrogen and oxygen atoms in total. The van der Waals surface area contributed by atoms with Crippen molar-refractivity contribution in [3.63, 3.8) is 0 Å². The third kappa shape index (κ3) is 4.42. The highest BCUT2D eigenvalue weighted by Crippen LogP contribution is 2.39. The Morgan fingerprint density at radius 3 is 2.72 bits per heavy atom. The number of nitrogens with zero attached hydrogens (tertiary/aromatic N) is 1. The molecule has 0 spiro atoms. The molecule has 0 saturated heterocycles. The molecule has 166 valence electrons. The molecule has 3 aromatic rings. The van der Waals surface area contributed by atoms with Gasteiger partial charge in [-0.25, -0.2) is 0 Å². The van der Waals surface area contributed by atoms with E-state index in [2.05, 4.69) is 5.32 Å². The maximum absolute atomic E-state index is 13.3. The average molecular weight is 483 g/mol. The molecular formula is C21H14ClF3N2O4S. The normalized spacial score (nSPS) is 15.8. The molecule has 2 aromatic carbocycles. The van der Waals surface area contributed by atoms with Crippen LogP contribution in [0.4, 0.5) is 30.2 Å². The van der Waals surface area contributed by atoms with Gasteiger partial charge in [0.2, 0.25) is 0 Å². The Morgan fingerprint density at radius 1 is 1.22 bits per heavy atom. The Balaban J connectivity index is 1.56. The fourth-order valence-corrected chi connectivity index (χ4v) is 4.53. The molecule has 0 bridgehead atoms. The molecule has 1 N–H and O–H groups in total. The number of ether oxygens (including phenoxy) is 1. The van der Waals surface area contributed by atoms with E-state index < -0.39 is 28.3 Å². The minimum Gasteiger partial charge on any atom is -0.492 e. The van der Waals surface area contributed by atoms with E-state index in [0.29, 0.717) is 34.5 Å². The lowest BCUT2D eigenvalue weighted by Gasteiger charge is -2.24. The number of nitro benzene ring substituents is 1. The van der Waals surface area contributed by atoms with Crippen molar-refractivity contribution in [2.24, 2.45) is 5.92 Å². The standard InChI is InChI=1S/C21H14ClF3N2O4S/c22-12-1-4-18-14(8-12)20(28)11(10-31-18)7-19-16(5-6-32-19)26-13-2-3-17(27(29)30)15(9-13)21(23,24)25/h1-6,8-9,11,26H,7,10H2. The van der Waals surface area contributed by atoms with Gasteiger partial charge < -0.3 is 10.1 Å². The second-order valence-electron chi connectivity index (χ2n) is 7.09. The predicted octanol–water partition coefficient (Wildman–Crippen LogP) is 6.51. The highest BCUT2D eigenvalue weighted by molar-refractivity contribution is 7.10. The van der Waals surface area contributed by atoms with Crippen molar-refractivity contribution in [1.29, 1.82) is 0 Å². The summed E-state index contributed by atoms with van der Waals surface area (Å²) in [6.07, 6.45) is -4.57. The third-order valence-corrected chi connectivity index (χ3v) is 6.15. The molecule has 0 aliphatic carbocycles. The van der Waals surface area contributed by atoms with Gasteiger partial charge >= 0.3 is 6.18 Å². The first-order chi connectivity index (χ1) is 15.1. The van der Waals surface area contributed by atoms with Crippen LogP contribution in [0.3, 0.4) is 0 Å². The first kappa shape index (κ1) is 22.1. The summed E-state index contributed by atoms with van der Waals surface area (Å²) in [6, 6.07) is 9.22. The number of thiophene rings is 1. The van der Waals surface area contributed by atoms with Gasteiger partial charge in [0.15, 0.2) is 5.78 Å². The van der Waals surface area contributed by atoms with Crippen LogP contribution in [0.25, 0.3) is 0 Å². The van der Waals surface area contributed by atoms with Crippen LogP contribution >= 0.6 is 22.9 Å². The van der Waals surface area contributed by atoms with Crippen LogP contribution in [0, 0.1) is 16.0 Å². The summed E-state index contributed by atoms with van der Waals surface area (Å²) in [4.78, 5) is 23.5. The summed E-state index contributed by atoms with van der Waals surface area (Å²) in [6.45, 7) is 0.167. The molecular weight excluding hydrogens is 469 g/mol. The van der Waals surface area contributed by atoms with E-state index >= 15 is 0 Å². The zero-order chi connectivity index (χ0) is 23.0. The maximum atomic E-state index is 13.3. The van der Waals surface area contributed by atoms with Crippen LogP contribution in [0.5, 0.6) is 5.75 Å². The molecule has 11 heteroatoms. The summed E-state index contributed by atoms with van der Waals surface area (Å²) in [5.74, 6) is -0.142.